The van der Waals surface area contributed by atoms with Crippen LogP contribution < -0.4 is 10.6 Å². The van der Waals surface area contributed by atoms with Crippen molar-refractivity contribution < 1.29 is 9.59 Å². The summed E-state index contributed by atoms with van der Waals surface area (Å²) in [6, 6.07) is 0.189. The third kappa shape index (κ3) is 4.35. The van der Waals surface area contributed by atoms with Crippen LogP contribution in [0.4, 0.5) is 4.79 Å². The number of carbonyl (C=O) groups excluding carboxylic acids is 2. The Labute approximate surface area is 127 Å². The Hall–Kier alpha value is -1.26. The predicted octanol–water partition coefficient (Wildman–Crippen LogP) is 2.27. The molecular formula is C16H29N3O2. The minimum atomic E-state index is -0.0326. The predicted molar refractivity (Wildman–Crippen MR) is 83.0 cm³/mol. The van der Waals surface area contributed by atoms with E-state index < -0.39 is 0 Å². The van der Waals surface area contributed by atoms with Crippen molar-refractivity contribution in [1.82, 2.24) is 15.5 Å². The van der Waals surface area contributed by atoms with E-state index in [4.69, 9.17) is 0 Å². The van der Waals surface area contributed by atoms with Crippen molar-refractivity contribution in [3.05, 3.63) is 0 Å². The summed E-state index contributed by atoms with van der Waals surface area (Å²) in [5.74, 6) is 0.110. The van der Waals surface area contributed by atoms with Crippen molar-refractivity contribution in [2.24, 2.45) is 5.92 Å². The number of urea groups is 1. The van der Waals surface area contributed by atoms with Gasteiger partial charge >= 0.3 is 6.03 Å². The molecule has 1 aliphatic carbocycles. The fourth-order valence-corrected chi connectivity index (χ4v) is 3.46. The second-order valence-electron chi connectivity index (χ2n) is 6.61. The number of nitrogens with zero attached hydrogens (tertiary/aromatic N) is 1. The molecule has 5 nitrogen and oxygen atoms in total. The minimum Gasteiger partial charge on any atom is -0.356 e. The summed E-state index contributed by atoms with van der Waals surface area (Å²) in [6.45, 7) is 5.50. The van der Waals surface area contributed by atoms with Crippen LogP contribution in [0.1, 0.15) is 58.8 Å². The average molecular weight is 295 g/mol. The Morgan fingerprint density at radius 2 is 1.95 bits per heavy atom. The van der Waals surface area contributed by atoms with Crippen molar-refractivity contribution in [3.8, 4) is 0 Å². The highest BCUT2D eigenvalue weighted by atomic mass is 16.2. The van der Waals surface area contributed by atoms with Crippen LogP contribution in [0.2, 0.25) is 0 Å². The lowest BCUT2D eigenvalue weighted by Gasteiger charge is -2.40. The number of hydrogen-bond donors (Lipinski definition) is 2. The first kappa shape index (κ1) is 16.1. The average Bonchev–Trinajstić information content (AvgIpc) is 2.45. The molecule has 1 saturated heterocycles. The highest BCUT2D eigenvalue weighted by Gasteiger charge is 2.37. The van der Waals surface area contributed by atoms with Gasteiger partial charge < -0.3 is 15.5 Å². The highest BCUT2D eigenvalue weighted by molar-refractivity contribution is 5.81. The summed E-state index contributed by atoms with van der Waals surface area (Å²) in [5.41, 5.74) is 0. The summed E-state index contributed by atoms with van der Waals surface area (Å²) >= 11 is 0. The standard InChI is InChI=1S/C16H29N3O2/c1-12(2)18-16(21)19-11-7-3-6-10-17-15(20)13-8-4-5-9-14(13)19/h12-14H,3-11H2,1-2H3,(H,17,20)(H,18,21). The maximum Gasteiger partial charge on any atom is 0.317 e. The molecule has 5 heteroatoms. The molecule has 2 fully saturated rings. The molecule has 1 aliphatic heterocycles. The summed E-state index contributed by atoms with van der Waals surface area (Å²) in [4.78, 5) is 26.8. The van der Waals surface area contributed by atoms with Gasteiger partial charge in [-0.1, -0.05) is 12.8 Å². The van der Waals surface area contributed by atoms with Gasteiger partial charge in [-0.05, 0) is 46.0 Å². The van der Waals surface area contributed by atoms with Crippen LogP contribution >= 0.6 is 0 Å². The monoisotopic (exact) mass is 295 g/mol. The van der Waals surface area contributed by atoms with Gasteiger partial charge in [0.25, 0.3) is 0 Å². The summed E-state index contributed by atoms with van der Waals surface area (Å²) in [7, 11) is 0. The number of hydrogen-bond acceptors (Lipinski definition) is 2. The fourth-order valence-electron chi connectivity index (χ4n) is 3.46. The molecule has 0 aromatic rings. The van der Waals surface area contributed by atoms with Crippen molar-refractivity contribution in [2.45, 2.75) is 70.9 Å². The molecule has 2 rings (SSSR count). The summed E-state index contributed by atoms with van der Waals surface area (Å²) < 4.78 is 0. The van der Waals surface area contributed by atoms with Gasteiger partial charge in [-0.25, -0.2) is 4.79 Å². The zero-order chi connectivity index (χ0) is 15.2. The molecule has 0 spiro atoms. The SMILES string of the molecule is CC(C)NC(=O)N1CCCCCNC(=O)C2CCCCC21. The molecule has 1 heterocycles. The molecule has 2 unspecified atom stereocenters. The Bertz CT molecular complexity index is 371. The van der Waals surface area contributed by atoms with Crippen LogP contribution in [0.3, 0.4) is 0 Å². The molecule has 0 aromatic heterocycles. The number of nitrogens with one attached hydrogen (secondary N) is 2. The van der Waals surface area contributed by atoms with Gasteiger partial charge in [-0.3, -0.25) is 4.79 Å². The van der Waals surface area contributed by atoms with Crippen LogP contribution in [-0.4, -0.2) is 42.0 Å². The van der Waals surface area contributed by atoms with Crippen LogP contribution in [0.15, 0.2) is 0 Å². The fraction of sp³-hybridized carbons (Fsp3) is 0.875. The summed E-state index contributed by atoms with van der Waals surface area (Å²) in [6.07, 6.45) is 7.14. The van der Waals surface area contributed by atoms with Gasteiger partial charge in [0.05, 0.1) is 5.92 Å². The van der Waals surface area contributed by atoms with Crippen molar-refractivity contribution in [1.29, 1.82) is 0 Å². The Morgan fingerprint density at radius 1 is 1.19 bits per heavy atom. The lowest BCUT2D eigenvalue weighted by Crippen LogP contribution is -2.55. The Morgan fingerprint density at radius 3 is 2.71 bits per heavy atom. The molecule has 2 atom stereocenters. The van der Waals surface area contributed by atoms with Crippen molar-refractivity contribution in [3.63, 3.8) is 0 Å². The van der Waals surface area contributed by atoms with Crippen LogP contribution in [0.5, 0.6) is 0 Å². The van der Waals surface area contributed by atoms with Gasteiger partial charge in [0.1, 0.15) is 0 Å². The van der Waals surface area contributed by atoms with E-state index in [0.29, 0.717) is 0 Å². The smallest absolute Gasteiger partial charge is 0.317 e. The lowest BCUT2D eigenvalue weighted by molar-refractivity contribution is -0.128. The molecule has 0 bridgehead atoms. The van der Waals surface area contributed by atoms with Gasteiger partial charge in [0.2, 0.25) is 5.91 Å². The van der Waals surface area contributed by atoms with E-state index in [1.807, 2.05) is 18.7 Å². The Kier molecular flexibility index (Phi) is 5.88. The van der Waals surface area contributed by atoms with Gasteiger partial charge in [-0.2, -0.15) is 0 Å². The van der Waals surface area contributed by atoms with E-state index >= 15 is 0 Å². The molecule has 0 aromatic carbocycles. The highest BCUT2D eigenvalue weighted by Crippen LogP contribution is 2.29. The topological polar surface area (TPSA) is 61.4 Å². The first-order valence-corrected chi connectivity index (χ1v) is 8.44. The molecule has 2 N–H and O–H groups in total. The molecular weight excluding hydrogens is 266 g/mol. The molecule has 21 heavy (non-hydrogen) atoms. The normalized spacial score (nSPS) is 27.8. The minimum absolute atomic E-state index is 0.00438. The maximum atomic E-state index is 12.5. The van der Waals surface area contributed by atoms with E-state index in [1.165, 1.54) is 0 Å². The van der Waals surface area contributed by atoms with Gasteiger partial charge in [-0.15, -0.1) is 0 Å². The zero-order valence-corrected chi connectivity index (χ0v) is 13.4. The van der Waals surface area contributed by atoms with Crippen LogP contribution in [0, 0.1) is 5.92 Å². The van der Waals surface area contributed by atoms with Crippen molar-refractivity contribution >= 4 is 11.9 Å². The maximum absolute atomic E-state index is 12.5. The molecule has 120 valence electrons. The number of amides is 3. The van der Waals surface area contributed by atoms with Crippen molar-refractivity contribution in [2.75, 3.05) is 13.1 Å². The zero-order valence-electron chi connectivity index (χ0n) is 13.4. The van der Waals surface area contributed by atoms with Crippen LogP contribution in [-0.2, 0) is 4.79 Å². The van der Waals surface area contributed by atoms with E-state index in [2.05, 4.69) is 10.6 Å². The first-order chi connectivity index (χ1) is 10.1. The van der Waals surface area contributed by atoms with E-state index in [-0.39, 0.29) is 29.9 Å². The number of fused-ring (bicyclic) bond motifs is 1. The second kappa shape index (κ2) is 7.66. The van der Waals surface area contributed by atoms with Gasteiger partial charge in [0, 0.05) is 25.2 Å². The third-order valence-electron chi connectivity index (χ3n) is 4.51. The van der Waals surface area contributed by atoms with E-state index in [9.17, 15) is 9.59 Å². The third-order valence-corrected chi connectivity index (χ3v) is 4.51. The van der Waals surface area contributed by atoms with Crippen LogP contribution in [0.25, 0.3) is 0 Å². The Balaban J connectivity index is 2.15. The largest absolute Gasteiger partial charge is 0.356 e. The number of carbonyl (C=O) groups is 2. The van der Waals surface area contributed by atoms with E-state index in [1.54, 1.807) is 0 Å². The van der Waals surface area contributed by atoms with Gasteiger partial charge in [0.15, 0.2) is 0 Å². The van der Waals surface area contributed by atoms with E-state index in [0.717, 1.165) is 58.0 Å². The number of rotatable bonds is 1. The second-order valence-corrected chi connectivity index (χ2v) is 6.61. The quantitative estimate of drug-likeness (QED) is 0.779. The lowest BCUT2D eigenvalue weighted by atomic mass is 9.82. The molecule has 0 radical (unpaired) electrons. The molecule has 1 saturated carbocycles. The first-order valence-electron chi connectivity index (χ1n) is 8.44. The molecule has 2 aliphatic rings. The summed E-state index contributed by atoms with van der Waals surface area (Å²) in [5, 5.41) is 6.05. The molecule has 3 amide bonds.